The maximum Gasteiger partial charge on any atom is 0.123 e. The standard InChI is InChI=1S/C13H11FS/c1-2-13-8-11(9-15-13)7-10-3-5-12(14)6-4-10/h2-6,8-9H,1,7H2. The van der Waals surface area contributed by atoms with Gasteiger partial charge >= 0.3 is 0 Å². The molecule has 1 aromatic carbocycles. The third kappa shape index (κ3) is 2.54. The average Bonchev–Trinajstić information content (AvgIpc) is 2.69. The largest absolute Gasteiger partial charge is 0.207 e. The SMILES string of the molecule is C=Cc1cc(Cc2ccc(F)cc2)cs1. The van der Waals surface area contributed by atoms with Crippen molar-refractivity contribution in [3.63, 3.8) is 0 Å². The molecule has 0 spiro atoms. The van der Waals surface area contributed by atoms with Gasteiger partial charge in [-0.1, -0.05) is 24.8 Å². The van der Waals surface area contributed by atoms with Crippen LogP contribution in [0.5, 0.6) is 0 Å². The molecule has 2 rings (SSSR count). The highest BCUT2D eigenvalue weighted by Gasteiger charge is 1.99. The van der Waals surface area contributed by atoms with Crippen LogP contribution in [0.3, 0.4) is 0 Å². The van der Waals surface area contributed by atoms with Crippen LogP contribution in [0.2, 0.25) is 0 Å². The molecule has 2 aromatic rings. The van der Waals surface area contributed by atoms with Gasteiger partial charge in [-0.3, -0.25) is 0 Å². The van der Waals surface area contributed by atoms with Crippen LogP contribution in [0.4, 0.5) is 4.39 Å². The molecule has 0 aliphatic heterocycles. The fourth-order valence-corrected chi connectivity index (χ4v) is 2.19. The van der Waals surface area contributed by atoms with Gasteiger partial charge in [0.05, 0.1) is 0 Å². The summed E-state index contributed by atoms with van der Waals surface area (Å²) in [5.41, 5.74) is 2.38. The van der Waals surface area contributed by atoms with Crippen molar-refractivity contribution in [2.24, 2.45) is 0 Å². The minimum atomic E-state index is -0.184. The van der Waals surface area contributed by atoms with Crippen molar-refractivity contribution in [3.05, 3.63) is 64.1 Å². The van der Waals surface area contributed by atoms with Gasteiger partial charge in [-0.2, -0.15) is 0 Å². The molecule has 0 fully saturated rings. The minimum absolute atomic E-state index is 0.184. The molecule has 0 bridgehead atoms. The summed E-state index contributed by atoms with van der Waals surface area (Å²) in [6, 6.07) is 8.74. The Bertz CT molecular complexity index is 454. The van der Waals surface area contributed by atoms with Crippen LogP contribution < -0.4 is 0 Å². The van der Waals surface area contributed by atoms with Gasteiger partial charge in [0.25, 0.3) is 0 Å². The van der Waals surface area contributed by atoms with Crippen molar-refractivity contribution in [1.29, 1.82) is 0 Å². The van der Waals surface area contributed by atoms with Crippen LogP contribution >= 0.6 is 11.3 Å². The summed E-state index contributed by atoms with van der Waals surface area (Å²) >= 11 is 1.68. The van der Waals surface area contributed by atoms with E-state index in [1.165, 1.54) is 22.6 Å². The summed E-state index contributed by atoms with van der Waals surface area (Å²) in [7, 11) is 0. The summed E-state index contributed by atoms with van der Waals surface area (Å²) in [6.45, 7) is 3.72. The Morgan fingerprint density at radius 3 is 2.53 bits per heavy atom. The molecule has 1 heterocycles. The van der Waals surface area contributed by atoms with Crippen molar-refractivity contribution in [1.82, 2.24) is 0 Å². The van der Waals surface area contributed by atoms with Gasteiger partial charge in [0.1, 0.15) is 5.82 Å². The highest BCUT2D eigenvalue weighted by molar-refractivity contribution is 7.11. The lowest BCUT2D eigenvalue weighted by atomic mass is 10.1. The Kier molecular flexibility index (Phi) is 2.97. The van der Waals surface area contributed by atoms with E-state index >= 15 is 0 Å². The molecule has 0 amide bonds. The first-order valence-electron chi connectivity index (χ1n) is 4.72. The van der Waals surface area contributed by atoms with E-state index < -0.39 is 0 Å². The lowest BCUT2D eigenvalue weighted by molar-refractivity contribution is 0.627. The maximum atomic E-state index is 12.7. The lowest BCUT2D eigenvalue weighted by Gasteiger charge is -1.97. The molecule has 2 heteroatoms. The van der Waals surface area contributed by atoms with Crippen molar-refractivity contribution < 1.29 is 4.39 Å². The number of hydrogen-bond donors (Lipinski definition) is 0. The Labute approximate surface area is 92.7 Å². The predicted molar refractivity (Wildman–Crippen MR) is 63.6 cm³/mol. The Balaban J connectivity index is 2.14. The lowest BCUT2D eigenvalue weighted by Crippen LogP contribution is -1.85. The fraction of sp³-hybridized carbons (Fsp3) is 0.0769. The third-order valence-corrected chi connectivity index (χ3v) is 3.17. The molecule has 0 saturated carbocycles. The summed E-state index contributed by atoms with van der Waals surface area (Å²) in [5.74, 6) is -0.184. The quantitative estimate of drug-likeness (QED) is 0.727. The second-order valence-electron chi connectivity index (χ2n) is 3.36. The van der Waals surface area contributed by atoms with Gasteiger partial charge in [0.2, 0.25) is 0 Å². The van der Waals surface area contributed by atoms with Crippen molar-refractivity contribution in [2.75, 3.05) is 0 Å². The number of halogens is 1. The molecule has 0 unspecified atom stereocenters. The molecule has 76 valence electrons. The van der Waals surface area contributed by atoms with Gasteiger partial charge in [-0.25, -0.2) is 4.39 Å². The number of rotatable bonds is 3. The van der Waals surface area contributed by atoms with Crippen LogP contribution in [-0.2, 0) is 6.42 Å². The van der Waals surface area contributed by atoms with E-state index in [-0.39, 0.29) is 5.82 Å². The highest BCUT2D eigenvalue weighted by atomic mass is 32.1. The summed E-state index contributed by atoms with van der Waals surface area (Å²) < 4.78 is 12.7. The molecule has 15 heavy (non-hydrogen) atoms. The molecule has 0 N–H and O–H groups in total. The molecule has 1 aromatic heterocycles. The number of benzene rings is 1. The molecular formula is C13H11FS. The van der Waals surface area contributed by atoms with Crippen LogP contribution in [0.25, 0.3) is 6.08 Å². The first-order chi connectivity index (χ1) is 7.28. The predicted octanol–water partition coefficient (Wildman–Crippen LogP) is 4.12. The Morgan fingerprint density at radius 1 is 1.20 bits per heavy atom. The molecule has 0 atom stereocenters. The average molecular weight is 218 g/mol. The monoisotopic (exact) mass is 218 g/mol. The normalized spacial score (nSPS) is 10.2. The highest BCUT2D eigenvalue weighted by Crippen LogP contribution is 2.18. The smallest absolute Gasteiger partial charge is 0.123 e. The first-order valence-corrected chi connectivity index (χ1v) is 5.60. The summed E-state index contributed by atoms with van der Waals surface area (Å²) in [5, 5.41) is 2.11. The van der Waals surface area contributed by atoms with Gasteiger partial charge in [-0.05, 0) is 41.1 Å². The first kappa shape index (κ1) is 10.1. The molecule has 0 aliphatic carbocycles. The fourth-order valence-electron chi connectivity index (χ4n) is 1.43. The van der Waals surface area contributed by atoms with E-state index in [1.54, 1.807) is 11.3 Å². The topological polar surface area (TPSA) is 0 Å². The van der Waals surface area contributed by atoms with E-state index in [9.17, 15) is 4.39 Å². The van der Waals surface area contributed by atoms with E-state index in [0.29, 0.717) is 0 Å². The van der Waals surface area contributed by atoms with Gasteiger partial charge in [0, 0.05) is 4.88 Å². The molecule has 0 saturated heterocycles. The molecule has 0 radical (unpaired) electrons. The van der Waals surface area contributed by atoms with E-state index in [4.69, 9.17) is 0 Å². The number of hydrogen-bond acceptors (Lipinski definition) is 1. The second-order valence-corrected chi connectivity index (χ2v) is 4.31. The molecular weight excluding hydrogens is 207 g/mol. The van der Waals surface area contributed by atoms with Crippen molar-refractivity contribution in [3.8, 4) is 0 Å². The van der Waals surface area contributed by atoms with Crippen molar-refractivity contribution >= 4 is 17.4 Å². The van der Waals surface area contributed by atoms with Crippen LogP contribution in [0.15, 0.2) is 42.3 Å². The zero-order valence-corrected chi connectivity index (χ0v) is 9.06. The van der Waals surface area contributed by atoms with Crippen LogP contribution in [-0.4, -0.2) is 0 Å². The third-order valence-electron chi connectivity index (χ3n) is 2.20. The van der Waals surface area contributed by atoms with Gasteiger partial charge in [-0.15, -0.1) is 11.3 Å². The number of thiophene rings is 1. The van der Waals surface area contributed by atoms with Crippen LogP contribution in [0, 0.1) is 5.82 Å². The van der Waals surface area contributed by atoms with Crippen LogP contribution in [0.1, 0.15) is 16.0 Å². The molecule has 0 aliphatic rings. The van der Waals surface area contributed by atoms with Gasteiger partial charge < -0.3 is 0 Å². The summed E-state index contributed by atoms with van der Waals surface area (Å²) in [4.78, 5) is 1.17. The Hall–Kier alpha value is -1.41. The van der Waals surface area contributed by atoms with Gasteiger partial charge in [0.15, 0.2) is 0 Å². The molecule has 0 nitrogen and oxygen atoms in total. The Morgan fingerprint density at radius 2 is 1.93 bits per heavy atom. The zero-order chi connectivity index (χ0) is 10.7. The van der Waals surface area contributed by atoms with E-state index in [0.717, 1.165) is 12.0 Å². The summed E-state index contributed by atoms with van der Waals surface area (Å²) in [6.07, 6.45) is 2.70. The second kappa shape index (κ2) is 4.41. The van der Waals surface area contributed by atoms with Crippen molar-refractivity contribution in [2.45, 2.75) is 6.42 Å². The zero-order valence-electron chi connectivity index (χ0n) is 8.24. The van der Waals surface area contributed by atoms with E-state index in [1.807, 2.05) is 18.2 Å². The minimum Gasteiger partial charge on any atom is -0.207 e. The maximum absolute atomic E-state index is 12.7. The van der Waals surface area contributed by atoms with E-state index in [2.05, 4.69) is 18.0 Å².